The summed E-state index contributed by atoms with van der Waals surface area (Å²) < 4.78 is 32.1. The number of fused-ring (bicyclic) bond motifs is 4. The third-order valence-electron chi connectivity index (χ3n) is 6.16. The predicted molar refractivity (Wildman–Crippen MR) is 123 cm³/mol. The lowest BCUT2D eigenvalue weighted by Crippen LogP contribution is -2.50. The number of ether oxygens (including phenoxy) is 1. The first-order chi connectivity index (χ1) is 15.2. The Balaban J connectivity index is 1.39. The van der Waals surface area contributed by atoms with E-state index < -0.39 is 15.4 Å². The second kappa shape index (κ2) is 7.54. The number of carbonyl (C=O) groups excluding carboxylic acids is 1. The fraction of sp³-hybridized carbons (Fsp3) is 0.261. The molecule has 0 radical (unpaired) electrons. The Morgan fingerprint density at radius 1 is 1.06 bits per heavy atom. The molecule has 2 aromatic carbocycles. The summed E-state index contributed by atoms with van der Waals surface area (Å²) in [6.07, 6.45) is 4.32. The van der Waals surface area contributed by atoms with Crippen LogP contribution in [0.5, 0.6) is 5.75 Å². The van der Waals surface area contributed by atoms with E-state index in [0.29, 0.717) is 36.5 Å². The number of hydrogen-bond donors (Lipinski definition) is 0. The van der Waals surface area contributed by atoms with E-state index in [0.717, 1.165) is 23.4 Å². The number of amides is 1. The van der Waals surface area contributed by atoms with Gasteiger partial charge in [0.1, 0.15) is 5.75 Å². The largest absolute Gasteiger partial charge is 0.479 e. The average Bonchev–Trinajstić information content (AvgIpc) is 3.24. The highest BCUT2D eigenvalue weighted by Crippen LogP contribution is 2.46. The van der Waals surface area contributed by atoms with Gasteiger partial charge in [0, 0.05) is 49.5 Å². The molecule has 3 heterocycles. The van der Waals surface area contributed by atoms with Crippen molar-refractivity contribution in [3.8, 4) is 11.4 Å². The molecule has 0 aliphatic carbocycles. The summed E-state index contributed by atoms with van der Waals surface area (Å²) in [4.78, 5) is 14.9. The summed E-state index contributed by atoms with van der Waals surface area (Å²) >= 11 is 12.5. The summed E-state index contributed by atoms with van der Waals surface area (Å²) in [5.41, 5.74) is 1.73. The molecule has 0 saturated carbocycles. The molecule has 1 saturated heterocycles. The Kier molecular flexibility index (Phi) is 5.04. The highest BCUT2D eigenvalue weighted by atomic mass is 35.5. The van der Waals surface area contributed by atoms with Gasteiger partial charge in [-0.2, -0.15) is 0 Å². The summed E-state index contributed by atoms with van der Waals surface area (Å²) in [5, 5.41) is 0.735. The number of hydrogen-bond acceptors (Lipinski definition) is 4. The molecule has 166 valence electrons. The van der Waals surface area contributed by atoms with Gasteiger partial charge in [0.25, 0.3) is 5.91 Å². The molecule has 0 atom stereocenters. The standard InChI is InChI=1S/C23H20Cl2N2O4S/c1-32(29,30)16-5-6-17(18(25)14-16)22(28)26-11-8-23(9-12-26)21-3-2-10-27(21)19-7-4-15(24)13-20(19)31-23/h2-7,10,13-14H,8-9,11-12H2,1H3. The van der Waals surface area contributed by atoms with Crippen LogP contribution in [-0.2, 0) is 15.4 Å². The van der Waals surface area contributed by atoms with Crippen molar-refractivity contribution in [2.45, 2.75) is 23.3 Å². The number of likely N-dealkylation sites (tertiary alicyclic amines) is 1. The highest BCUT2D eigenvalue weighted by molar-refractivity contribution is 7.90. The number of carbonyl (C=O) groups is 1. The zero-order valence-electron chi connectivity index (χ0n) is 17.2. The molecule has 5 rings (SSSR count). The maximum absolute atomic E-state index is 13.1. The summed E-state index contributed by atoms with van der Waals surface area (Å²) in [5.74, 6) is 0.500. The van der Waals surface area contributed by atoms with Gasteiger partial charge in [-0.25, -0.2) is 8.42 Å². The van der Waals surface area contributed by atoms with E-state index in [1.165, 1.54) is 18.2 Å². The van der Waals surface area contributed by atoms with Crippen molar-refractivity contribution in [3.05, 3.63) is 76.0 Å². The number of sulfone groups is 1. The van der Waals surface area contributed by atoms with E-state index in [-0.39, 0.29) is 15.8 Å². The van der Waals surface area contributed by atoms with Crippen LogP contribution in [0.3, 0.4) is 0 Å². The molecule has 3 aromatic rings. The van der Waals surface area contributed by atoms with Crippen molar-refractivity contribution in [2.24, 2.45) is 0 Å². The summed E-state index contributed by atoms with van der Waals surface area (Å²) in [6, 6.07) is 13.9. The first-order valence-corrected chi connectivity index (χ1v) is 12.8. The molecule has 9 heteroatoms. The minimum Gasteiger partial charge on any atom is -0.479 e. The zero-order valence-corrected chi connectivity index (χ0v) is 19.5. The Morgan fingerprint density at radius 2 is 1.81 bits per heavy atom. The minimum atomic E-state index is -3.40. The molecule has 1 aromatic heterocycles. The lowest BCUT2D eigenvalue weighted by Gasteiger charge is -2.45. The van der Waals surface area contributed by atoms with Crippen LogP contribution in [0.2, 0.25) is 10.0 Å². The maximum atomic E-state index is 13.1. The van der Waals surface area contributed by atoms with Crippen LogP contribution in [0, 0.1) is 0 Å². The molecular formula is C23H20Cl2N2O4S. The van der Waals surface area contributed by atoms with Crippen molar-refractivity contribution in [2.75, 3.05) is 19.3 Å². The molecule has 2 aliphatic rings. The second-order valence-electron chi connectivity index (χ2n) is 8.18. The van der Waals surface area contributed by atoms with E-state index in [9.17, 15) is 13.2 Å². The van der Waals surface area contributed by atoms with Crippen molar-refractivity contribution in [3.63, 3.8) is 0 Å². The molecular weight excluding hydrogens is 471 g/mol. The van der Waals surface area contributed by atoms with E-state index in [4.69, 9.17) is 27.9 Å². The van der Waals surface area contributed by atoms with Gasteiger partial charge in [-0.1, -0.05) is 23.2 Å². The average molecular weight is 491 g/mol. The molecule has 0 bridgehead atoms. The monoisotopic (exact) mass is 490 g/mol. The van der Waals surface area contributed by atoms with Crippen LogP contribution in [-0.4, -0.2) is 43.1 Å². The smallest absolute Gasteiger partial charge is 0.255 e. The van der Waals surface area contributed by atoms with E-state index in [1.807, 2.05) is 30.5 Å². The number of nitrogens with zero attached hydrogens (tertiary/aromatic N) is 2. The fourth-order valence-corrected chi connectivity index (χ4v) is 5.63. The summed E-state index contributed by atoms with van der Waals surface area (Å²) in [6.45, 7) is 0.953. The van der Waals surface area contributed by atoms with E-state index in [1.54, 1.807) is 4.90 Å². The molecule has 32 heavy (non-hydrogen) atoms. The number of halogens is 2. The molecule has 1 spiro atoms. The lowest BCUT2D eigenvalue weighted by molar-refractivity contribution is -0.00929. The molecule has 1 fully saturated rings. The van der Waals surface area contributed by atoms with Gasteiger partial charge in [0.05, 0.1) is 26.9 Å². The van der Waals surface area contributed by atoms with Gasteiger partial charge in [-0.15, -0.1) is 0 Å². The number of benzene rings is 2. The van der Waals surface area contributed by atoms with Crippen molar-refractivity contribution in [1.82, 2.24) is 9.47 Å². The van der Waals surface area contributed by atoms with E-state index in [2.05, 4.69) is 10.6 Å². The fourth-order valence-electron chi connectivity index (χ4n) is 4.49. The van der Waals surface area contributed by atoms with Crippen molar-refractivity contribution in [1.29, 1.82) is 0 Å². The quantitative estimate of drug-likeness (QED) is 0.521. The van der Waals surface area contributed by atoms with Crippen LogP contribution in [0.1, 0.15) is 28.9 Å². The van der Waals surface area contributed by atoms with Gasteiger partial charge in [0.2, 0.25) is 0 Å². The number of aromatic nitrogens is 1. The minimum absolute atomic E-state index is 0.0883. The number of piperidine rings is 1. The Bertz CT molecular complexity index is 1340. The first kappa shape index (κ1) is 21.4. The third-order valence-corrected chi connectivity index (χ3v) is 7.82. The predicted octanol–water partition coefficient (Wildman–Crippen LogP) is 4.71. The topological polar surface area (TPSA) is 68.6 Å². The van der Waals surface area contributed by atoms with Gasteiger partial charge >= 0.3 is 0 Å². The normalized spacial score (nSPS) is 16.9. The molecule has 1 amide bonds. The van der Waals surface area contributed by atoms with E-state index >= 15 is 0 Å². The van der Waals surface area contributed by atoms with Gasteiger partial charge in [-0.3, -0.25) is 4.79 Å². The van der Waals surface area contributed by atoms with Gasteiger partial charge in [0.15, 0.2) is 15.4 Å². The van der Waals surface area contributed by atoms with Crippen molar-refractivity contribution >= 4 is 38.9 Å². The first-order valence-electron chi connectivity index (χ1n) is 10.1. The maximum Gasteiger partial charge on any atom is 0.255 e. The van der Waals surface area contributed by atoms with Gasteiger partial charge in [-0.05, 0) is 42.5 Å². The van der Waals surface area contributed by atoms with Crippen LogP contribution in [0.4, 0.5) is 0 Å². The highest BCUT2D eigenvalue weighted by Gasteiger charge is 2.44. The van der Waals surface area contributed by atoms with Crippen LogP contribution in [0.25, 0.3) is 5.69 Å². The Labute approximate surface area is 196 Å². The molecule has 2 aliphatic heterocycles. The number of rotatable bonds is 2. The Morgan fingerprint density at radius 3 is 2.50 bits per heavy atom. The van der Waals surface area contributed by atoms with Gasteiger partial charge < -0.3 is 14.2 Å². The molecule has 0 unspecified atom stereocenters. The molecule has 0 N–H and O–H groups in total. The lowest BCUT2D eigenvalue weighted by atomic mass is 9.86. The van der Waals surface area contributed by atoms with Crippen LogP contribution >= 0.6 is 23.2 Å². The third kappa shape index (κ3) is 3.49. The van der Waals surface area contributed by atoms with Crippen LogP contribution < -0.4 is 4.74 Å². The summed E-state index contributed by atoms with van der Waals surface area (Å²) in [7, 11) is -3.40. The molecule has 6 nitrogen and oxygen atoms in total. The Hall–Kier alpha value is -2.48. The SMILES string of the molecule is CS(=O)(=O)c1ccc(C(=O)N2CCC3(CC2)Oc2cc(Cl)ccc2-n2cccc23)c(Cl)c1. The van der Waals surface area contributed by atoms with Crippen LogP contribution in [0.15, 0.2) is 59.6 Å². The van der Waals surface area contributed by atoms with Crippen molar-refractivity contribution < 1.29 is 17.9 Å². The zero-order chi connectivity index (χ0) is 22.7. The second-order valence-corrected chi connectivity index (χ2v) is 11.0.